The van der Waals surface area contributed by atoms with Crippen molar-refractivity contribution in [3.63, 3.8) is 0 Å². The SMILES string of the molecule is c1ccc(-c2nc(-c3ccc4c(c3)sc3ccccc34)nc(-c3cccc4sc5cccc(-c6nc(-c7ccccc7)c7sc8ccccc8c7n6)c5c34)n2)cc1. The van der Waals surface area contributed by atoms with Gasteiger partial charge >= 0.3 is 0 Å². The van der Waals surface area contributed by atoms with E-state index in [1.54, 1.807) is 34.0 Å². The first-order chi connectivity index (χ1) is 28.2. The van der Waals surface area contributed by atoms with E-state index in [0.29, 0.717) is 23.3 Å². The maximum Gasteiger partial charge on any atom is 0.164 e. The highest BCUT2D eigenvalue weighted by Gasteiger charge is 2.22. The maximum absolute atomic E-state index is 5.39. The molecule has 0 atom stereocenters. The van der Waals surface area contributed by atoms with Crippen LogP contribution in [-0.2, 0) is 0 Å². The Morgan fingerprint density at radius 2 is 0.842 bits per heavy atom. The summed E-state index contributed by atoms with van der Waals surface area (Å²) in [5, 5.41) is 5.83. The van der Waals surface area contributed by atoms with Gasteiger partial charge in [-0.3, -0.25) is 0 Å². The van der Waals surface area contributed by atoms with E-state index >= 15 is 0 Å². The van der Waals surface area contributed by atoms with Crippen LogP contribution in [0.1, 0.15) is 0 Å². The van der Waals surface area contributed by atoms with Crippen LogP contribution in [0.25, 0.3) is 117 Å². The predicted molar refractivity (Wildman–Crippen MR) is 241 cm³/mol. The van der Waals surface area contributed by atoms with Crippen molar-refractivity contribution in [3.8, 4) is 56.8 Å². The average Bonchev–Trinajstić information content (AvgIpc) is 3.97. The summed E-state index contributed by atoms with van der Waals surface area (Å²) in [5.41, 5.74) is 6.80. The van der Waals surface area contributed by atoms with Gasteiger partial charge in [-0.2, -0.15) is 0 Å². The minimum absolute atomic E-state index is 0.626. The van der Waals surface area contributed by atoms with Crippen molar-refractivity contribution in [2.45, 2.75) is 0 Å². The van der Waals surface area contributed by atoms with E-state index in [9.17, 15) is 0 Å². The highest BCUT2D eigenvalue weighted by molar-refractivity contribution is 7.27. The average molecular weight is 782 g/mol. The zero-order chi connectivity index (χ0) is 37.5. The van der Waals surface area contributed by atoms with Crippen LogP contribution in [0.3, 0.4) is 0 Å². The molecule has 7 aromatic carbocycles. The monoisotopic (exact) mass is 781 g/mol. The first-order valence-corrected chi connectivity index (χ1v) is 21.1. The van der Waals surface area contributed by atoms with Gasteiger partial charge in [0.2, 0.25) is 0 Å². The van der Waals surface area contributed by atoms with Gasteiger partial charge in [0.15, 0.2) is 23.3 Å². The number of fused-ring (bicyclic) bond motifs is 9. The molecule has 12 aromatic rings. The molecular weight excluding hydrogens is 755 g/mol. The van der Waals surface area contributed by atoms with E-state index in [2.05, 4.69) is 140 Å². The lowest BCUT2D eigenvalue weighted by Gasteiger charge is -2.11. The largest absolute Gasteiger partial charge is 0.226 e. The smallest absolute Gasteiger partial charge is 0.164 e. The predicted octanol–water partition coefficient (Wildman–Crippen LogP) is 14.1. The molecule has 0 spiro atoms. The second kappa shape index (κ2) is 12.9. The van der Waals surface area contributed by atoms with Crippen molar-refractivity contribution < 1.29 is 0 Å². The van der Waals surface area contributed by atoms with Crippen LogP contribution in [0, 0.1) is 0 Å². The molecule has 0 saturated carbocycles. The third-order valence-electron chi connectivity index (χ3n) is 10.6. The fraction of sp³-hybridized carbons (Fsp3) is 0. The lowest BCUT2D eigenvalue weighted by Crippen LogP contribution is -2.00. The van der Waals surface area contributed by atoms with Gasteiger partial charge in [-0.25, -0.2) is 24.9 Å². The summed E-state index contributed by atoms with van der Waals surface area (Å²) in [4.78, 5) is 26.4. The van der Waals surface area contributed by atoms with E-state index in [4.69, 9.17) is 24.9 Å². The summed E-state index contributed by atoms with van der Waals surface area (Å²) in [6.45, 7) is 0. The zero-order valence-corrected chi connectivity index (χ0v) is 32.5. The molecule has 0 aliphatic carbocycles. The quantitative estimate of drug-likeness (QED) is 0.174. The van der Waals surface area contributed by atoms with Crippen molar-refractivity contribution in [1.82, 2.24) is 24.9 Å². The fourth-order valence-electron chi connectivity index (χ4n) is 7.95. The summed E-state index contributed by atoms with van der Waals surface area (Å²) >= 11 is 5.31. The van der Waals surface area contributed by atoms with Crippen LogP contribution in [0.4, 0.5) is 0 Å². The van der Waals surface area contributed by atoms with Crippen LogP contribution >= 0.6 is 34.0 Å². The third-order valence-corrected chi connectivity index (χ3v) is 14.0. The summed E-state index contributed by atoms with van der Waals surface area (Å²) < 4.78 is 7.07. The second-order valence-electron chi connectivity index (χ2n) is 14.0. The number of thiophene rings is 3. The fourth-order valence-corrected chi connectivity index (χ4v) is 11.4. The Hall–Kier alpha value is -6.71. The lowest BCUT2D eigenvalue weighted by molar-refractivity contribution is 1.08. The van der Waals surface area contributed by atoms with Crippen molar-refractivity contribution >= 4 is 94.7 Å². The van der Waals surface area contributed by atoms with Crippen molar-refractivity contribution in [2.24, 2.45) is 0 Å². The van der Waals surface area contributed by atoms with Gasteiger partial charge in [0.05, 0.1) is 15.9 Å². The van der Waals surface area contributed by atoms with Crippen LogP contribution in [0.15, 0.2) is 164 Å². The van der Waals surface area contributed by atoms with E-state index in [0.717, 1.165) is 69.3 Å². The summed E-state index contributed by atoms with van der Waals surface area (Å²) in [5.74, 6) is 2.60. The molecule has 0 amide bonds. The molecule has 12 rings (SSSR count). The molecule has 5 nitrogen and oxygen atoms in total. The molecule has 0 radical (unpaired) electrons. The minimum atomic E-state index is 0.626. The van der Waals surface area contributed by atoms with E-state index < -0.39 is 0 Å². The number of benzene rings is 7. The third kappa shape index (κ3) is 5.29. The zero-order valence-electron chi connectivity index (χ0n) is 30.0. The van der Waals surface area contributed by atoms with Crippen LogP contribution in [0.2, 0.25) is 0 Å². The van der Waals surface area contributed by atoms with Gasteiger partial charge in [0, 0.05) is 78.2 Å². The molecule has 5 heterocycles. The first kappa shape index (κ1) is 32.5. The molecule has 0 fully saturated rings. The first-order valence-electron chi connectivity index (χ1n) is 18.7. The summed E-state index contributed by atoms with van der Waals surface area (Å²) in [7, 11) is 0. The molecule has 0 aliphatic rings. The highest BCUT2D eigenvalue weighted by Crippen LogP contribution is 2.46. The van der Waals surface area contributed by atoms with Crippen LogP contribution < -0.4 is 0 Å². The number of nitrogens with zero attached hydrogens (tertiary/aromatic N) is 5. The Morgan fingerprint density at radius 1 is 0.316 bits per heavy atom. The molecule has 5 aromatic heterocycles. The molecule has 0 unspecified atom stereocenters. The number of hydrogen-bond acceptors (Lipinski definition) is 8. The van der Waals surface area contributed by atoms with E-state index in [1.807, 2.05) is 24.3 Å². The lowest BCUT2D eigenvalue weighted by atomic mass is 10.0. The Morgan fingerprint density at radius 3 is 1.56 bits per heavy atom. The Kier molecular flexibility index (Phi) is 7.38. The van der Waals surface area contributed by atoms with Gasteiger partial charge in [0.25, 0.3) is 0 Å². The van der Waals surface area contributed by atoms with Crippen molar-refractivity contribution in [2.75, 3.05) is 0 Å². The van der Waals surface area contributed by atoms with Gasteiger partial charge in [-0.15, -0.1) is 34.0 Å². The molecule has 8 heteroatoms. The van der Waals surface area contributed by atoms with Gasteiger partial charge < -0.3 is 0 Å². The van der Waals surface area contributed by atoms with Crippen LogP contribution in [-0.4, -0.2) is 24.9 Å². The Balaban J connectivity index is 1.11. The minimum Gasteiger partial charge on any atom is -0.226 e. The van der Waals surface area contributed by atoms with Gasteiger partial charge in [-0.05, 0) is 30.3 Å². The van der Waals surface area contributed by atoms with Crippen LogP contribution in [0.5, 0.6) is 0 Å². The van der Waals surface area contributed by atoms with E-state index in [-0.39, 0.29) is 0 Å². The molecule has 0 bridgehead atoms. The number of hydrogen-bond donors (Lipinski definition) is 0. The number of aromatic nitrogens is 5. The Labute approximate surface area is 338 Å². The molecule has 0 aliphatic heterocycles. The van der Waals surface area contributed by atoms with Gasteiger partial charge in [0.1, 0.15) is 0 Å². The molecule has 266 valence electrons. The Bertz CT molecular complexity index is 3530. The van der Waals surface area contributed by atoms with E-state index in [1.165, 1.54) is 24.9 Å². The topological polar surface area (TPSA) is 64.5 Å². The molecule has 57 heavy (non-hydrogen) atoms. The maximum atomic E-state index is 5.39. The molecular formula is C49H27N5S3. The number of rotatable bonds is 5. The molecule has 0 saturated heterocycles. The second-order valence-corrected chi connectivity index (χ2v) is 17.2. The van der Waals surface area contributed by atoms with Crippen molar-refractivity contribution in [1.29, 1.82) is 0 Å². The normalized spacial score (nSPS) is 11.9. The highest BCUT2D eigenvalue weighted by atomic mass is 32.1. The summed E-state index contributed by atoms with van der Waals surface area (Å²) in [6.07, 6.45) is 0. The van der Waals surface area contributed by atoms with Crippen molar-refractivity contribution in [3.05, 3.63) is 164 Å². The van der Waals surface area contributed by atoms with Gasteiger partial charge in [-0.1, -0.05) is 133 Å². The summed E-state index contributed by atoms with van der Waals surface area (Å²) in [6, 6.07) is 57.2. The standard InChI is InChI=1S/C49H27N5S3/c1-3-13-28(14-4-1)43-45-44(33-18-8-10-22-37(33)57-45)51-48(50-43)34-19-11-23-38-41(34)42-35(20-12-24-39(42)56-38)49-53-46(29-15-5-2-6-16-29)52-47(54-49)30-25-26-32-31-17-7-9-21-36(31)55-40(32)27-30/h1-27H. The molecule has 0 N–H and O–H groups in total.